The lowest BCUT2D eigenvalue weighted by Gasteiger charge is -2.58. The number of fused-ring (bicyclic) bond motifs is 5. The molecule has 23 heavy (non-hydrogen) atoms. The van der Waals surface area contributed by atoms with Crippen LogP contribution in [0.4, 0.5) is 0 Å². The minimum atomic E-state index is -0.126. The topological polar surface area (TPSA) is 58.0 Å². The third-order valence-corrected chi connectivity index (χ3v) is 7.94. The highest BCUT2D eigenvalue weighted by molar-refractivity contribution is 6.40. The Hall–Kier alpha value is -1.25. The normalized spacial score (nSPS) is 49.3. The predicted molar refractivity (Wildman–Crippen MR) is 89.4 cm³/mol. The van der Waals surface area contributed by atoms with Crippen molar-refractivity contribution in [1.29, 1.82) is 5.41 Å². The standard InChI is InChI=1S/C20H27NO2/c1-11-10-12-13-4-5-16(23)19(13,2)8-6-14(12)20(3)9-7-15(22)18(21)17(11)20/h10,12-14,17,21H,4-9H2,1-3H3/t12-,13-,14-,17?,19-,20+/m0/s1. The molecular weight excluding hydrogens is 286 g/mol. The molecule has 0 heterocycles. The van der Waals surface area contributed by atoms with Crippen LogP contribution in [0, 0.1) is 39.9 Å². The molecule has 0 aliphatic heterocycles. The Kier molecular flexibility index (Phi) is 3.09. The number of carbonyl (C=O) groups excluding carboxylic acids is 2. The molecule has 6 atom stereocenters. The lowest BCUT2D eigenvalue weighted by molar-refractivity contribution is -0.131. The van der Waals surface area contributed by atoms with Crippen LogP contribution < -0.4 is 0 Å². The van der Waals surface area contributed by atoms with Gasteiger partial charge in [-0.1, -0.05) is 25.5 Å². The highest BCUT2D eigenvalue weighted by atomic mass is 16.1. The van der Waals surface area contributed by atoms with Gasteiger partial charge >= 0.3 is 0 Å². The summed E-state index contributed by atoms with van der Waals surface area (Å²) >= 11 is 0. The van der Waals surface area contributed by atoms with Crippen molar-refractivity contribution >= 4 is 17.3 Å². The zero-order chi connectivity index (χ0) is 16.6. The summed E-state index contributed by atoms with van der Waals surface area (Å²) in [6.07, 6.45) is 7.62. The van der Waals surface area contributed by atoms with Crippen LogP contribution in [-0.4, -0.2) is 17.3 Å². The molecule has 3 heteroatoms. The second-order valence-corrected chi connectivity index (χ2v) is 8.89. The van der Waals surface area contributed by atoms with Crippen molar-refractivity contribution in [3.63, 3.8) is 0 Å². The Balaban J connectivity index is 1.80. The van der Waals surface area contributed by atoms with Gasteiger partial charge in [0.15, 0.2) is 5.78 Å². The molecule has 0 bridgehead atoms. The van der Waals surface area contributed by atoms with Crippen LogP contribution in [0.3, 0.4) is 0 Å². The van der Waals surface area contributed by atoms with Gasteiger partial charge in [-0.05, 0) is 55.8 Å². The van der Waals surface area contributed by atoms with Gasteiger partial charge in [0, 0.05) is 24.2 Å². The second-order valence-electron chi connectivity index (χ2n) is 8.89. The fourth-order valence-electron chi connectivity index (χ4n) is 6.67. The number of ketones is 2. The number of hydrogen-bond acceptors (Lipinski definition) is 3. The zero-order valence-electron chi connectivity index (χ0n) is 14.4. The van der Waals surface area contributed by atoms with Crippen molar-refractivity contribution < 1.29 is 9.59 Å². The zero-order valence-corrected chi connectivity index (χ0v) is 14.4. The van der Waals surface area contributed by atoms with Crippen LogP contribution in [0.2, 0.25) is 0 Å². The summed E-state index contributed by atoms with van der Waals surface area (Å²) in [6.45, 7) is 6.61. The number of hydrogen-bond donors (Lipinski definition) is 1. The third kappa shape index (κ3) is 1.79. The molecule has 0 aromatic carbocycles. The number of carbonyl (C=O) groups is 2. The molecule has 0 spiro atoms. The van der Waals surface area contributed by atoms with Crippen molar-refractivity contribution in [3.05, 3.63) is 11.6 Å². The summed E-state index contributed by atoms with van der Waals surface area (Å²) in [5.74, 6) is 1.96. The smallest absolute Gasteiger partial charge is 0.176 e. The first-order valence-electron chi connectivity index (χ1n) is 9.12. The van der Waals surface area contributed by atoms with Crippen LogP contribution in [0.5, 0.6) is 0 Å². The molecule has 4 aliphatic rings. The predicted octanol–water partition coefficient (Wildman–Crippen LogP) is 3.96. The van der Waals surface area contributed by atoms with E-state index in [2.05, 4.69) is 26.8 Å². The molecule has 1 N–H and O–H groups in total. The van der Waals surface area contributed by atoms with Crippen LogP contribution >= 0.6 is 0 Å². The largest absolute Gasteiger partial charge is 0.301 e. The Morgan fingerprint density at radius 2 is 1.83 bits per heavy atom. The summed E-state index contributed by atoms with van der Waals surface area (Å²) in [6, 6.07) is 0. The Morgan fingerprint density at radius 3 is 2.57 bits per heavy atom. The minimum absolute atomic E-state index is 0.00598. The van der Waals surface area contributed by atoms with Crippen LogP contribution in [0.15, 0.2) is 11.6 Å². The second kappa shape index (κ2) is 4.64. The van der Waals surface area contributed by atoms with E-state index in [0.29, 0.717) is 35.7 Å². The van der Waals surface area contributed by atoms with E-state index in [1.54, 1.807) is 0 Å². The maximum Gasteiger partial charge on any atom is 0.176 e. The average Bonchev–Trinajstić information content (AvgIpc) is 2.79. The van der Waals surface area contributed by atoms with E-state index >= 15 is 0 Å². The lowest BCUT2D eigenvalue weighted by Crippen LogP contribution is -2.55. The van der Waals surface area contributed by atoms with Crippen molar-refractivity contribution in [2.75, 3.05) is 0 Å². The van der Waals surface area contributed by atoms with E-state index in [0.717, 1.165) is 32.1 Å². The number of nitrogens with one attached hydrogen (secondary N) is 1. The van der Waals surface area contributed by atoms with Gasteiger partial charge in [-0.25, -0.2) is 0 Å². The van der Waals surface area contributed by atoms with Gasteiger partial charge in [-0.15, -0.1) is 0 Å². The molecule has 0 saturated heterocycles. The van der Waals surface area contributed by atoms with Crippen molar-refractivity contribution in [1.82, 2.24) is 0 Å². The molecule has 0 amide bonds. The number of rotatable bonds is 0. The maximum absolute atomic E-state index is 12.4. The van der Waals surface area contributed by atoms with Gasteiger partial charge in [-0.3, -0.25) is 9.59 Å². The summed E-state index contributed by atoms with van der Waals surface area (Å²) in [5.41, 5.74) is 1.44. The van der Waals surface area contributed by atoms with E-state index in [9.17, 15) is 9.59 Å². The summed E-state index contributed by atoms with van der Waals surface area (Å²) < 4.78 is 0. The molecule has 0 aromatic rings. The first-order valence-corrected chi connectivity index (χ1v) is 9.12. The van der Waals surface area contributed by atoms with Crippen molar-refractivity contribution in [3.8, 4) is 0 Å². The quantitative estimate of drug-likeness (QED) is 0.688. The first-order chi connectivity index (χ1) is 10.8. The van der Waals surface area contributed by atoms with Crippen LogP contribution in [0.1, 0.15) is 59.3 Å². The molecule has 3 nitrogen and oxygen atoms in total. The first kappa shape index (κ1) is 15.3. The number of Topliss-reactive ketones (excluding diaryl/α,β-unsaturated/α-hetero) is 2. The van der Waals surface area contributed by atoms with Crippen LogP contribution in [0.25, 0.3) is 0 Å². The Labute approximate surface area is 138 Å². The number of allylic oxidation sites excluding steroid dienone is 2. The molecule has 3 fully saturated rings. The molecule has 3 saturated carbocycles. The van der Waals surface area contributed by atoms with Gasteiger partial charge in [0.2, 0.25) is 0 Å². The van der Waals surface area contributed by atoms with Gasteiger partial charge < -0.3 is 5.41 Å². The molecule has 124 valence electrons. The lowest BCUT2D eigenvalue weighted by atomic mass is 9.46. The molecule has 0 aromatic heterocycles. The van der Waals surface area contributed by atoms with E-state index in [4.69, 9.17) is 5.41 Å². The SMILES string of the molecule is CC1=C[C@@H]2[C@H](CC[C@]3(C)C(=O)CC[C@@H]23)[C@@]2(C)CCC(=O)C(=N)C12. The van der Waals surface area contributed by atoms with E-state index in [1.165, 1.54) is 5.57 Å². The maximum atomic E-state index is 12.4. The van der Waals surface area contributed by atoms with Gasteiger partial charge in [0.25, 0.3) is 0 Å². The third-order valence-electron chi connectivity index (χ3n) is 7.94. The molecular formula is C20H27NO2. The summed E-state index contributed by atoms with van der Waals surface area (Å²) in [5, 5.41) is 8.35. The highest BCUT2D eigenvalue weighted by Gasteiger charge is 2.60. The summed E-state index contributed by atoms with van der Waals surface area (Å²) in [4.78, 5) is 24.5. The fourth-order valence-corrected chi connectivity index (χ4v) is 6.67. The van der Waals surface area contributed by atoms with Gasteiger partial charge in [0.05, 0.1) is 5.71 Å². The summed E-state index contributed by atoms with van der Waals surface area (Å²) in [7, 11) is 0. The Morgan fingerprint density at radius 1 is 1.09 bits per heavy atom. The van der Waals surface area contributed by atoms with E-state index in [-0.39, 0.29) is 22.5 Å². The van der Waals surface area contributed by atoms with Crippen molar-refractivity contribution in [2.45, 2.75) is 59.3 Å². The fraction of sp³-hybridized carbons (Fsp3) is 0.750. The molecule has 0 radical (unpaired) electrons. The average molecular weight is 313 g/mol. The molecule has 1 unspecified atom stereocenters. The van der Waals surface area contributed by atoms with Crippen molar-refractivity contribution in [2.24, 2.45) is 34.5 Å². The molecule has 4 aliphatic carbocycles. The van der Waals surface area contributed by atoms with Gasteiger partial charge in [0.1, 0.15) is 5.78 Å². The van der Waals surface area contributed by atoms with E-state index in [1.807, 2.05) is 0 Å². The highest BCUT2D eigenvalue weighted by Crippen LogP contribution is 2.64. The monoisotopic (exact) mass is 313 g/mol. The minimum Gasteiger partial charge on any atom is -0.301 e. The Bertz CT molecular complexity index is 648. The molecule has 4 rings (SSSR count). The van der Waals surface area contributed by atoms with Gasteiger partial charge in [-0.2, -0.15) is 0 Å². The van der Waals surface area contributed by atoms with Crippen LogP contribution in [-0.2, 0) is 9.59 Å². The van der Waals surface area contributed by atoms with E-state index < -0.39 is 0 Å².